The van der Waals surface area contributed by atoms with Gasteiger partial charge in [0.15, 0.2) is 18.0 Å². The number of Topliss-reactive ketones (excluding diaryl/α,β-unsaturated/α-hetero) is 1. The number of ketones is 1. The predicted molar refractivity (Wildman–Crippen MR) is 115 cm³/mol. The summed E-state index contributed by atoms with van der Waals surface area (Å²) in [6, 6.07) is 0. The van der Waals surface area contributed by atoms with Crippen molar-refractivity contribution >= 4 is 17.7 Å². The van der Waals surface area contributed by atoms with E-state index in [1.165, 1.54) is 12.5 Å². The Labute approximate surface area is 183 Å². The Hall–Kier alpha value is -1.95. The van der Waals surface area contributed by atoms with Gasteiger partial charge in [0, 0.05) is 30.6 Å². The van der Waals surface area contributed by atoms with E-state index >= 15 is 0 Å². The molecule has 5 aliphatic rings. The van der Waals surface area contributed by atoms with Crippen LogP contribution in [-0.4, -0.2) is 47.1 Å². The summed E-state index contributed by atoms with van der Waals surface area (Å²) in [4.78, 5) is 29.8. The number of aliphatic imine (C=N–C) groups is 1. The summed E-state index contributed by atoms with van der Waals surface area (Å²) in [5, 5.41) is 11.6. The summed E-state index contributed by atoms with van der Waals surface area (Å²) in [5.74, 6) is 0.466. The molecule has 0 saturated heterocycles. The summed E-state index contributed by atoms with van der Waals surface area (Å²) in [6.07, 6.45) is 10.2. The molecule has 3 saturated carbocycles. The van der Waals surface area contributed by atoms with Crippen LogP contribution in [0.1, 0.15) is 59.8 Å². The normalized spacial score (nSPS) is 47.2. The van der Waals surface area contributed by atoms with E-state index in [2.05, 4.69) is 32.1 Å². The fraction of sp³-hybridized carbons (Fsp3) is 0.720. The van der Waals surface area contributed by atoms with Crippen molar-refractivity contribution in [2.75, 3.05) is 6.61 Å². The molecule has 1 heterocycles. The minimum absolute atomic E-state index is 0.130. The maximum absolute atomic E-state index is 13.6. The molecule has 0 amide bonds. The van der Waals surface area contributed by atoms with Gasteiger partial charge < -0.3 is 14.6 Å². The van der Waals surface area contributed by atoms with Gasteiger partial charge in [-0.1, -0.05) is 37.6 Å². The zero-order chi connectivity index (χ0) is 22.2. The fourth-order valence-corrected chi connectivity index (χ4v) is 8.11. The van der Waals surface area contributed by atoms with Gasteiger partial charge in [-0.05, 0) is 43.9 Å². The van der Waals surface area contributed by atoms with E-state index in [0.717, 1.165) is 25.7 Å². The standard InChI is InChI=1S/C25H33NO5/c1-14-26-25(20(29)13-30-15(2)27)21(31-14)11-18-17-9-8-16-7-5-6-10-23(16,3)22(17)19(28)12-24(18,25)4/h6-7,10,17-19,21-22,28H,5,8-9,11-13H2,1-4H3/t17-,18-,19-,21+,22+,23-,24-,25+/m0/s1. The largest absolute Gasteiger partial charge is 0.475 e. The van der Waals surface area contributed by atoms with Gasteiger partial charge in [-0.2, -0.15) is 0 Å². The average Bonchev–Trinajstić information content (AvgIpc) is 3.16. The van der Waals surface area contributed by atoms with Crippen molar-refractivity contribution < 1.29 is 24.2 Å². The highest BCUT2D eigenvalue weighted by molar-refractivity contribution is 5.97. The lowest BCUT2D eigenvalue weighted by atomic mass is 9.46. The van der Waals surface area contributed by atoms with Gasteiger partial charge in [0.25, 0.3) is 0 Å². The van der Waals surface area contributed by atoms with Crippen LogP contribution >= 0.6 is 0 Å². The van der Waals surface area contributed by atoms with Gasteiger partial charge in [0.2, 0.25) is 5.78 Å². The first-order valence-corrected chi connectivity index (χ1v) is 11.6. The highest BCUT2D eigenvalue weighted by atomic mass is 16.5. The number of allylic oxidation sites excluding steroid dienone is 4. The Bertz CT molecular complexity index is 921. The minimum atomic E-state index is -1.09. The predicted octanol–water partition coefficient (Wildman–Crippen LogP) is 3.38. The number of carbonyl (C=O) groups is 2. The van der Waals surface area contributed by atoms with Crippen molar-refractivity contribution in [3.63, 3.8) is 0 Å². The summed E-state index contributed by atoms with van der Waals surface area (Å²) in [7, 11) is 0. The number of nitrogens with zero attached hydrogens (tertiary/aromatic N) is 1. The molecule has 1 aliphatic heterocycles. The molecule has 6 heteroatoms. The maximum atomic E-state index is 13.6. The topological polar surface area (TPSA) is 85.2 Å². The third-order valence-corrected chi connectivity index (χ3v) is 9.22. The number of hydrogen-bond donors (Lipinski definition) is 1. The van der Waals surface area contributed by atoms with Crippen LogP contribution in [0.2, 0.25) is 0 Å². The van der Waals surface area contributed by atoms with E-state index in [9.17, 15) is 14.7 Å². The summed E-state index contributed by atoms with van der Waals surface area (Å²) >= 11 is 0. The molecule has 168 valence electrons. The van der Waals surface area contributed by atoms with Crippen molar-refractivity contribution in [3.05, 3.63) is 23.8 Å². The Morgan fingerprint density at radius 2 is 2.13 bits per heavy atom. The first kappa shape index (κ1) is 20.9. The van der Waals surface area contributed by atoms with Crippen molar-refractivity contribution in [1.29, 1.82) is 0 Å². The lowest BCUT2D eigenvalue weighted by Crippen LogP contribution is -2.62. The minimum Gasteiger partial charge on any atom is -0.475 e. The number of carbonyl (C=O) groups excluding carboxylic acids is 2. The smallest absolute Gasteiger partial charge is 0.303 e. The Balaban J connectivity index is 1.56. The number of rotatable bonds is 3. The van der Waals surface area contributed by atoms with E-state index in [-0.39, 0.29) is 35.7 Å². The zero-order valence-electron chi connectivity index (χ0n) is 18.9. The van der Waals surface area contributed by atoms with Crippen LogP contribution < -0.4 is 0 Å². The summed E-state index contributed by atoms with van der Waals surface area (Å²) < 4.78 is 11.2. The Morgan fingerprint density at radius 1 is 1.35 bits per heavy atom. The molecule has 1 N–H and O–H groups in total. The third kappa shape index (κ3) is 2.63. The second kappa shape index (κ2) is 6.77. The molecule has 3 fully saturated rings. The molecule has 0 unspecified atom stereocenters. The van der Waals surface area contributed by atoms with Crippen LogP contribution in [0.25, 0.3) is 0 Å². The summed E-state index contributed by atoms with van der Waals surface area (Å²) in [5.41, 5.74) is -0.316. The van der Waals surface area contributed by atoms with Crippen molar-refractivity contribution in [2.24, 2.45) is 33.6 Å². The monoisotopic (exact) mass is 427 g/mol. The average molecular weight is 428 g/mol. The molecule has 5 rings (SSSR count). The van der Waals surface area contributed by atoms with Crippen molar-refractivity contribution in [2.45, 2.75) is 77.5 Å². The fourth-order valence-electron chi connectivity index (χ4n) is 8.11. The van der Waals surface area contributed by atoms with Gasteiger partial charge in [0.1, 0.15) is 6.10 Å². The van der Waals surface area contributed by atoms with E-state index < -0.39 is 23.0 Å². The lowest BCUT2D eigenvalue weighted by molar-refractivity contribution is -0.155. The number of ether oxygens (including phenoxy) is 2. The van der Waals surface area contributed by atoms with Gasteiger partial charge in [0.05, 0.1) is 6.10 Å². The second-order valence-electron chi connectivity index (χ2n) is 10.6. The van der Waals surface area contributed by atoms with Gasteiger partial charge in [-0.3, -0.25) is 9.59 Å². The Morgan fingerprint density at radius 3 is 2.87 bits per heavy atom. The number of hydrogen-bond acceptors (Lipinski definition) is 6. The van der Waals surface area contributed by atoms with Gasteiger partial charge >= 0.3 is 5.97 Å². The molecule has 0 aromatic carbocycles. The summed E-state index contributed by atoms with van der Waals surface area (Å²) in [6.45, 7) is 7.17. The van der Waals surface area contributed by atoms with Crippen molar-refractivity contribution in [1.82, 2.24) is 0 Å². The van der Waals surface area contributed by atoms with Crippen LogP contribution in [0.15, 0.2) is 28.8 Å². The van der Waals surface area contributed by atoms with Gasteiger partial charge in [-0.25, -0.2) is 4.99 Å². The molecule has 6 nitrogen and oxygen atoms in total. The molecule has 0 spiro atoms. The first-order valence-electron chi connectivity index (χ1n) is 11.6. The van der Waals surface area contributed by atoms with Crippen LogP contribution in [0.3, 0.4) is 0 Å². The van der Waals surface area contributed by atoms with Crippen LogP contribution in [0.4, 0.5) is 0 Å². The molecule has 0 aromatic rings. The zero-order valence-corrected chi connectivity index (χ0v) is 18.9. The van der Waals surface area contributed by atoms with Crippen LogP contribution in [-0.2, 0) is 19.1 Å². The van der Waals surface area contributed by atoms with Crippen molar-refractivity contribution in [3.8, 4) is 0 Å². The third-order valence-electron chi connectivity index (χ3n) is 9.22. The SMILES string of the molecule is CC(=O)OCC(=O)[C@@]12N=C(C)O[C@@H]1C[C@H]1[C@@H]3CCC4=CCC=C[C@]4(C)[C@H]3[C@@H](O)C[C@@]12C. The molecular formula is C25H33NO5. The lowest BCUT2D eigenvalue weighted by Gasteiger charge is -2.59. The molecule has 0 bridgehead atoms. The van der Waals surface area contributed by atoms with Gasteiger partial charge in [-0.15, -0.1) is 0 Å². The number of aliphatic hydroxyl groups excluding tert-OH is 1. The van der Waals surface area contributed by atoms with E-state index in [1.807, 2.05) is 0 Å². The maximum Gasteiger partial charge on any atom is 0.303 e. The highest BCUT2D eigenvalue weighted by Crippen LogP contribution is 2.69. The Kier molecular flexibility index (Phi) is 4.57. The van der Waals surface area contributed by atoms with E-state index in [1.54, 1.807) is 6.92 Å². The van der Waals surface area contributed by atoms with Crippen LogP contribution in [0.5, 0.6) is 0 Å². The second-order valence-corrected chi connectivity index (χ2v) is 10.6. The van der Waals surface area contributed by atoms with E-state index in [4.69, 9.17) is 14.5 Å². The molecule has 8 atom stereocenters. The van der Waals surface area contributed by atoms with E-state index in [0.29, 0.717) is 18.2 Å². The molecule has 0 radical (unpaired) electrons. The molecule has 31 heavy (non-hydrogen) atoms. The highest BCUT2D eigenvalue weighted by Gasteiger charge is 2.74. The molecular weight excluding hydrogens is 394 g/mol. The number of fused-ring (bicyclic) bond motifs is 7. The molecule has 0 aromatic heterocycles. The molecule has 4 aliphatic carbocycles. The quantitative estimate of drug-likeness (QED) is 0.551. The first-order chi connectivity index (χ1) is 14.6. The van der Waals surface area contributed by atoms with Crippen LogP contribution in [0, 0.1) is 28.6 Å². The number of esters is 1. The number of aliphatic hydroxyl groups is 1.